The Morgan fingerprint density at radius 2 is 0.957 bits per heavy atom. The van der Waals surface area contributed by atoms with Crippen LogP contribution in [0.5, 0.6) is 0 Å². The Hall–Kier alpha value is -4.38. The van der Waals surface area contributed by atoms with E-state index in [2.05, 4.69) is 47.4 Å². The Balaban J connectivity index is 1.41. The lowest BCUT2D eigenvalue weighted by atomic mass is 9.80. The van der Waals surface area contributed by atoms with Crippen molar-refractivity contribution in [3.05, 3.63) is 69.8 Å². The van der Waals surface area contributed by atoms with E-state index < -0.39 is 85.8 Å². The van der Waals surface area contributed by atoms with Gasteiger partial charge in [0.1, 0.15) is 61.0 Å². The lowest BCUT2D eigenvalue weighted by Crippen LogP contribution is -2.58. The summed E-state index contributed by atoms with van der Waals surface area (Å²) < 4.78 is 10.7. The van der Waals surface area contributed by atoms with Gasteiger partial charge < -0.3 is 50.3 Å². The van der Waals surface area contributed by atoms with Crippen LogP contribution < -0.4 is 0 Å². The molecule has 0 bridgehead atoms. The van der Waals surface area contributed by atoms with Crippen molar-refractivity contribution in [1.29, 1.82) is 0 Å². The number of aliphatic hydroxyl groups excluding tert-OH is 8. The third kappa shape index (κ3) is 6.20. The first kappa shape index (κ1) is 33.0. The maximum atomic E-state index is 13.8. The minimum atomic E-state index is -1.60. The zero-order valence-corrected chi connectivity index (χ0v) is 23.9. The van der Waals surface area contributed by atoms with E-state index in [1.165, 1.54) is 24.3 Å². The van der Waals surface area contributed by atoms with Crippen LogP contribution in [0.1, 0.15) is 43.0 Å². The lowest BCUT2D eigenvalue weighted by Gasteiger charge is -2.37. The Kier molecular flexibility index (Phi) is 10.0. The van der Waals surface area contributed by atoms with E-state index in [9.17, 15) is 50.4 Å². The SMILES string of the molecule is O=C1c2cccc(C#CC#C[C@@H]3O[C@H](CO)[C@@H](O)[C@H](O)[C@H]3O)c2C(=O)c2c(C#CC#C[C@@H]3O[C@H](CO)[C@@H](O)[C@H](O)[C@H]3O)cccc21. The number of ketones is 2. The zero-order chi connectivity index (χ0) is 33.1. The number of carbonyl (C=O) groups is 2. The average Bonchev–Trinajstić information content (AvgIpc) is 3.06. The minimum absolute atomic E-state index is 0.0313. The van der Waals surface area contributed by atoms with Crippen LogP contribution in [0.25, 0.3) is 0 Å². The van der Waals surface area contributed by atoms with E-state index in [1.807, 2.05) is 0 Å². The van der Waals surface area contributed by atoms with Gasteiger partial charge in [0.25, 0.3) is 0 Å². The van der Waals surface area contributed by atoms with Gasteiger partial charge >= 0.3 is 0 Å². The molecular formula is C34H28O12. The van der Waals surface area contributed by atoms with Gasteiger partial charge in [-0.25, -0.2) is 0 Å². The molecule has 12 nitrogen and oxygen atoms in total. The van der Waals surface area contributed by atoms with Gasteiger partial charge in [0.2, 0.25) is 0 Å². The molecule has 2 aromatic rings. The molecule has 0 aromatic heterocycles. The predicted octanol–water partition coefficient (Wildman–Crippen LogP) is -3.14. The number of benzene rings is 2. The molecule has 2 fully saturated rings. The lowest BCUT2D eigenvalue weighted by molar-refractivity contribution is -0.214. The smallest absolute Gasteiger partial charge is 0.197 e. The molecular weight excluding hydrogens is 600 g/mol. The summed E-state index contributed by atoms with van der Waals surface area (Å²) in [5.74, 6) is 19.6. The van der Waals surface area contributed by atoms with Gasteiger partial charge in [0, 0.05) is 33.4 Å². The molecule has 2 aromatic carbocycles. The van der Waals surface area contributed by atoms with Gasteiger partial charge in [-0.2, -0.15) is 0 Å². The van der Waals surface area contributed by atoms with E-state index in [1.54, 1.807) is 12.1 Å². The van der Waals surface area contributed by atoms with Crippen molar-refractivity contribution in [3.63, 3.8) is 0 Å². The summed E-state index contributed by atoms with van der Waals surface area (Å²) in [6, 6.07) is 9.15. The van der Waals surface area contributed by atoms with E-state index in [0.29, 0.717) is 0 Å². The molecule has 0 radical (unpaired) electrons. The van der Waals surface area contributed by atoms with Crippen LogP contribution >= 0.6 is 0 Å². The van der Waals surface area contributed by atoms with Crippen molar-refractivity contribution in [2.24, 2.45) is 0 Å². The third-order valence-electron chi connectivity index (χ3n) is 7.81. The highest BCUT2D eigenvalue weighted by molar-refractivity contribution is 6.29. The first-order valence-electron chi connectivity index (χ1n) is 14.1. The van der Waals surface area contributed by atoms with Crippen molar-refractivity contribution in [3.8, 4) is 47.4 Å². The molecule has 0 unspecified atom stereocenters. The van der Waals surface area contributed by atoms with Crippen LogP contribution in [0.3, 0.4) is 0 Å². The number of hydrogen-bond donors (Lipinski definition) is 8. The standard InChI is InChI=1S/C34H28O12/c35-15-23-30(40)33(43)28(38)21(45-23)13-3-1-7-17-9-5-11-19-25(17)32(42)26-18(10-6-12-20(26)27(19)37)8-2-4-14-22-29(39)34(44)31(41)24(16-36)46-22/h5-6,9-12,21-24,28-31,33-36,38-41,43-44H,15-16H2/t21-,22-,23+,24+,28-,29-,30+,31+,33+,34+/m0/s1. The Bertz CT molecular complexity index is 1660. The normalized spacial score (nSPS) is 31.3. The Labute approximate surface area is 262 Å². The summed E-state index contributed by atoms with van der Waals surface area (Å²) in [4.78, 5) is 27.2. The maximum Gasteiger partial charge on any atom is 0.197 e. The largest absolute Gasteiger partial charge is 0.394 e. The molecule has 2 heterocycles. The summed E-state index contributed by atoms with van der Waals surface area (Å²) >= 11 is 0. The average molecular weight is 629 g/mol. The van der Waals surface area contributed by atoms with Gasteiger partial charge in [-0.15, -0.1) is 0 Å². The van der Waals surface area contributed by atoms with Crippen molar-refractivity contribution in [2.75, 3.05) is 13.2 Å². The van der Waals surface area contributed by atoms with Crippen molar-refractivity contribution >= 4 is 11.6 Å². The summed E-state index contributed by atoms with van der Waals surface area (Å²) in [5.41, 5.74) is 0.689. The minimum Gasteiger partial charge on any atom is -0.394 e. The first-order valence-corrected chi connectivity index (χ1v) is 14.1. The van der Waals surface area contributed by atoms with E-state index in [-0.39, 0.29) is 33.4 Å². The maximum absolute atomic E-state index is 13.8. The van der Waals surface area contributed by atoms with Crippen LogP contribution in [0, 0.1) is 47.4 Å². The number of carbonyl (C=O) groups excluding carboxylic acids is 2. The van der Waals surface area contributed by atoms with Crippen LogP contribution in [0.15, 0.2) is 36.4 Å². The molecule has 46 heavy (non-hydrogen) atoms. The molecule has 236 valence electrons. The monoisotopic (exact) mass is 628 g/mol. The first-order chi connectivity index (χ1) is 22.1. The summed E-state index contributed by atoms with van der Waals surface area (Å²) in [7, 11) is 0. The van der Waals surface area contributed by atoms with Gasteiger partial charge in [0.05, 0.1) is 13.2 Å². The Morgan fingerprint density at radius 1 is 0.543 bits per heavy atom. The second-order valence-electron chi connectivity index (χ2n) is 10.7. The number of hydrogen-bond acceptors (Lipinski definition) is 12. The van der Waals surface area contributed by atoms with Crippen LogP contribution in [0.4, 0.5) is 0 Å². The number of aliphatic hydroxyl groups is 8. The van der Waals surface area contributed by atoms with Gasteiger partial charge in [-0.05, 0) is 35.8 Å². The summed E-state index contributed by atoms with van der Waals surface area (Å²) in [6.45, 7) is -1.22. The topological polar surface area (TPSA) is 214 Å². The zero-order valence-electron chi connectivity index (χ0n) is 23.9. The third-order valence-corrected chi connectivity index (χ3v) is 7.81. The fourth-order valence-corrected chi connectivity index (χ4v) is 5.30. The van der Waals surface area contributed by atoms with E-state index >= 15 is 0 Å². The molecule has 0 spiro atoms. The fraction of sp³-hybridized carbons (Fsp3) is 0.353. The molecule has 8 N–H and O–H groups in total. The van der Waals surface area contributed by atoms with Crippen molar-refractivity contribution in [1.82, 2.24) is 0 Å². The van der Waals surface area contributed by atoms with Gasteiger partial charge in [-0.3, -0.25) is 9.59 Å². The molecule has 2 saturated heterocycles. The second-order valence-corrected chi connectivity index (χ2v) is 10.7. The van der Waals surface area contributed by atoms with E-state index in [4.69, 9.17) is 9.47 Å². The van der Waals surface area contributed by atoms with Crippen LogP contribution in [-0.2, 0) is 9.47 Å². The highest BCUT2D eigenvalue weighted by atomic mass is 16.5. The predicted molar refractivity (Wildman–Crippen MR) is 157 cm³/mol. The number of fused-ring (bicyclic) bond motifs is 2. The molecule has 2 aliphatic heterocycles. The number of ether oxygens (including phenoxy) is 2. The van der Waals surface area contributed by atoms with E-state index in [0.717, 1.165) is 0 Å². The van der Waals surface area contributed by atoms with Gasteiger partial charge in [0.15, 0.2) is 11.6 Å². The fourth-order valence-electron chi connectivity index (χ4n) is 5.30. The molecule has 0 amide bonds. The van der Waals surface area contributed by atoms with Crippen LogP contribution in [-0.4, -0.2) is 127 Å². The number of rotatable bonds is 2. The highest BCUT2D eigenvalue weighted by Gasteiger charge is 2.43. The summed E-state index contributed by atoms with van der Waals surface area (Å²) in [5, 5.41) is 78.7. The Morgan fingerprint density at radius 3 is 1.35 bits per heavy atom. The van der Waals surface area contributed by atoms with Gasteiger partial charge in [-0.1, -0.05) is 47.9 Å². The molecule has 1 aliphatic carbocycles. The van der Waals surface area contributed by atoms with Crippen LogP contribution in [0.2, 0.25) is 0 Å². The second kappa shape index (κ2) is 13.9. The van der Waals surface area contributed by atoms with Crippen molar-refractivity contribution < 1.29 is 59.9 Å². The molecule has 10 atom stereocenters. The summed E-state index contributed by atoms with van der Waals surface area (Å²) in [6.07, 6.45) is -14.2. The molecule has 0 saturated carbocycles. The molecule has 3 aliphatic rings. The quantitative estimate of drug-likeness (QED) is 0.132. The molecule has 12 heteroatoms. The molecule has 5 rings (SSSR count). The highest BCUT2D eigenvalue weighted by Crippen LogP contribution is 2.31. The van der Waals surface area contributed by atoms with Crippen molar-refractivity contribution in [2.45, 2.75) is 61.0 Å².